The van der Waals surface area contributed by atoms with E-state index >= 15 is 0 Å². The van der Waals surface area contributed by atoms with Crippen molar-refractivity contribution < 1.29 is 29.0 Å². The first-order chi connectivity index (χ1) is 22.4. The van der Waals surface area contributed by atoms with Crippen LogP contribution in [0.2, 0.25) is 0 Å². The zero-order valence-corrected chi connectivity index (χ0v) is 31.0. The van der Waals surface area contributed by atoms with Gasteiger partial charge >= 0.3 is 6.03 Å². The summed E-state index contributed by atoms with van der Waals surface area (Å²) in [5.41, 5.74) is -1.52. The molecular weight excluding hydrogens is 594 g/mol. The molecule has 0 aromatic rings. The molecule has 1 saturated heterocycles. The number of hydrogen-bond acceptors (Lipinski definition) is 6. The van der Waals surface area contributed by atoms with Crippen LogP contribution in [0.1, 0.15) is 169 Å². The highest BCUT2D eigenvalue weighted by atomic mass is 16.7. The van der Waals surface area contributed by atoms with E-state index in [1.807, 2.05) is 13.8 Å². The van der Waals surface area contributed by atoms with Gasteiger partial charge < -0.3 is 34.9 Å². The van der Waals surface area contributed by atoms with Crippen molar-refractivity contribution in [2.45, 2.75) is 187 Å². The van der Waals surface area contributed by atoms with Gasteiger partial charge in [0, 0.05) is 37.4 Å². The Hall–Kier alpha value is -1.87. The Morgan fingerprint density at radius 3 is 1.74 bits per heavy atom. The standard InChI is InChI=1S/C38H71N3O6/c1-7-8-9-10-11-12-13-14-15-16-17-18-19-20-21-25-28-39-35(45)41(6)38(26-23-22-24-27-38)31(34(43)44)29-40-33(42)32-36(2,3)30-46-37(4,5)47-32/h31-32H,7-30H2,1-6H3,(H,39,45)(H,40,42)(H,43,44)/p-1. The van der Waals surface area contributed by atoms with Crippen molar-refractivity contribution in [1.29, 1.82) is 0 Å². The van der Waals surface area contributed by atoms with Gasteiger partial charge in [-0.15, -0.1) is 0 Å². The molecule has 3 amide bonds. The Kier molecular flexibility index (Phi) is 18.7. The van der Waals surface area contributed by atoms with Gasteiger partial charge in [0.05, 0.1) is 12.1 Å². The number of rotatable bonds is 23. The first-order valence-electron chi connectivity index (χ1n) is 19.2. The van der Waals surface area contributed by atoms with Crippen LogP contribution in [0.15, 0.2) is 0 Å². The largest absolute Gasteiger partial charge is 0.550 e. The van der Waals surface area contributed by atoms with Gasteiger partial charge in [-0.2, -0.15) is 0 Å². The quantitative estimate of drug-likeness (QED) is 0.111. The summed E-state index contributed by atoms with van der Waals surface area (Å²) in [4.78, 5) is 40.9. The van der Waals surface area contributed by atoms with Crippen LogP contribution < -0.4 is 15.7 Å². The van der Waals surface area contributed by atoms with E-state index in [1.165, 1.54) is 89.9 Å². The summed E-state index contributed by atoms with van der Waals surface area (Å²) >= 11 is 0. The van der Waals surface area contributed by atoms with E-state index in [2.05, 4.69) is 17.6 Å². The minimum Gasteiger partial charge on any atom is -0.550 e. The van der Waals surface area contributed by atoms with Crippen molar-refractivity contribution in [3.8, 4) is 0 Å². The van der Waals surface area contributed by atoms with Crippen molar-refractivity contribution in [2.24, 2.45) is 11.3 Å². The predicted octanol–water partition coefficient (Wildman–Crippen LogP) is 7.25. The summed E-state index contributed by atoms with van der Waals surface area (Å²) in [7, 11) is 1.69. The molecule has 2 unspecified atom stereocenters. The van der Waals surface area contributed by atoms with Crippen LogP contribution in [0.4, 0.5) is 4.79 Å². The van der Waals surface area contributed by atoms with Gasteiger partial charge in [0.15, 0.2) is 5.79 Å². The summed E-state index contributed by atoms with van der Waals surface area (Å²) < 4.78 is 11.7. The lowest BCUT2D eigenvalue weighted by molar-refractivity contribution is -0.315. The van der Waals surface area contributed by atoms with Crippen molar-refractivity contribution in [2.75, 3.05) is 26.7 Å². The fourth-order valence-electron chi connectivity index (χ4n) is 7.38. The number of nitrogens with zero attached hydrogens (tertiary/aromatic N) is 1. The average Bonchev–Trinajstić information content (AvgIpc) is 3.03. The molecule has 2 fully saturated rings. The highest BCUT2D eigenvalue weighted by molar-refractivity contribution is 5.83. The van der Waals surface area contributed by atoms with Crippen LogP contribution in [0.5, 0.6) is 0 Å². The monoisotopic (exact) mass is 665 g/mol. The van der Waals surface area contributed by atoms with E-state index in [9.17, 15) is 19.5 Å². The second-order valence-electron chi connectivity index (χ2n) is 15.6. The van der Waals surface area contributed by atoms with Gasteiger partial charge in [0.25, 0.3) is 0 Å². The molecule has 2 rings (SSSR count). The van der Waals surface area contributed by atoms with E-state index in [-0.39, 0.29) is 18.5 Å². The Morgan fingerprint density at radius 1 is 0.766 bits per heavy atom. The third kappa shape index (κ3) is 14.3. The number of carbonyl (C=O) groups is 3. The fourth-order valence-corrected chi connectivity index (χ4v) is 7.38. The SMILES string of the molecule is CCCCCCCCCCCCCCCCCCNC(=O)N(C)C1(C(CNC(=O)C2OC(C)(C)OCC2(C)C)C(=O)[O-])CCCCC1. The lowest BCUT2D eigenvalue weighted by Gasteiger charge is -2.50. The molecule has 47 heavy (non-hydrogen) atoms. The first-order valence-corrected chi connectivity index (χ1v) is 19.2. The van der Waals surface area contributed by atoms with Gasteiger partial charge in [-0.1, -0.05) is 136 Å². The van der Waals surface area contributed by atoms with E-state index in [0.29, 0.717) is 26.0 Å². The Bertz CT molecular complexity index is 917. The Balaban J connectivity index is 1.73. The predicted molar refractivity (Wildman–Crippen MR) is 187 cm³/mol. The molecule has 2 atom stereocenters. The molecule has 0 spiro atoms. The first kappa shape index (κ1) is 41.3. The van der Waals surface area contributed by atoms with Crippen LogP contribution in [-0.2, 0) is 19.1 Å². The van der Waals surface area contributed by atoms with Crippen molar-refractivity contribution in [3.63, 3.8) is 0 Å². The number of hydrogen-bond donors (Lipinski definition) is 2. The minimum absolute atomic E-state index is 0.130. The number of nitrogens with one attached hydrogen (secondary N) is 2. The highest BCUT2D eigenvalue weighted by Crippen LogP contribution is 2.40. The van der Waals surface area contributed by atoms with Crippen LogP contribution >= 0.6 is 0 Å². The molecule has 2 aliphatic rings. The molecule has 1 aliphatic heterocycles. The van der Waals surface area contributed by atoms with Crippen LogP contribution in [0.3, 0.4) is 0 Å². The third-order valence-electron chi connectivity index (χ3n) is 10.6. The molecule has 0 bridgehead atoms. The van der Waals surface area contributed by atoms with Gasteiger partial charge in [-0.25, -0.2) is 4.79 Å². The maximum atomic E-state index is 13.4. The fraction of sp³-hybridized carbons (Fsp3) is 0.921. The summed E-state index contributed by atoms with van der Waals surface area (Å²) in [6, 6.07) is -0.263. The molecule has 0 radical (unpaired) electrons. The molecule has 1 heterocycles. The number of ether oxygens (including phenoxy) is 2. The molecule has 2 N–H and O–H groups in total. The molecule has 0 aromatic carbocycles. The summed E-state index contributed by atoms with van der Waals surface area (Å²) in [5.74, 6) is -3.59. The van der Waals surface area contributed by atoms with Crippen LogP contribution in [0, 0.1) is 11.3 Å². The molecule has 0 aromatic heterocycles. The number of carbonyl (C=O) groups excluding carboxylic acids is 3. The van der Waals surface area contributed by atoms with E-state index in [1.54, 1.807) is 25.8 Å². The zero-order chi connectivity index (χ0) is 34.8. The molecule has 274 valence electrons. The number of amides is 3. The van der Waals surface area contributed by atoms with Gasteiger partial charge in [-0.05, 0) is 33.1 Å². The van der Waals surface area contributed by atoms with E-state index in [4.69, 9.17) is 9.47 Å². The Labute approximate surface area is 287 Å². The molecule has 9 nitrogen and oxygen atoms in total. The third-order valence-corrected chi connectivity index (χ3v) is 10.6. The highest BCUT2D eigenvalue weighted by Gasteiger charge is 2.48. The number of urea groups is 1. The molecule has 9 heteroatoms. The molecule has 1 saturated carbocycles. The van der Waals surface area contributed by atoms with Crippen molar-refractivity contribution in [1.82, 2.24) is 15.5 Å². The van der Waals surface area contributed by atoms with Gasteiger partial charge in [0.1, 0.15) is 6.10 Å². The van der Waals surface area contributed by atoms with Crippen molar-refractivity contribution >= 4 is 17.9 Å². The van der Waals surface area contributed by atoms with Gasteiger partial charge in [-0.3, -0.25) is 4.79 Å². The minimum atomic E-state index is -1.25. The molecular formula is C38H70N3O6-. The van der Waals surface area contributed by atoms with E-state index in [0.717, 1.165) is 32.1 Å². The molecule has 1 aliphatic carbocycles. The second kappa shape index (κ2) is 21.3. The lowest BCUT2D eigenvalue weighted by Crippen LogP contribution is -2.64. The Morgan fingerprint density at radius 2 is 1.26 bits per heavy atom. The summed E-state index contributed by atoms with van der Waals surface area (Å²) in [5, 5.41) is 18.5. The second-order valence-corrected chi connectivity index (χ2v) is 15.6. The number of carboxylic acid groups (broad SMARTS) is 1. The summed E-state index contributed by atoms with van der Waals surface area (Å²) in [6.07, 6.45) is 23.7. The number of unbranched alkanes of at least 4 members (excludes halogenated alkanes) is 15. The normalized spacial score (nSPS) is 20.7. The van der Waals surface area contributed by atoms with E-state index < -0.39 is 34.7 Å². The maximum absolute atomic E-state index is 13.4. The smallest absolute Gasteiger partial charge is 0.317 e. The number of carboxylic acids is 1. The van der Waals surface area contributed by atoms with Crippen molar-refractivity contribution in [3.05, 3.63) is 0 Å². The van der Waals surface area contributed by atoms with Crippen LogP contribution in [-0.4, -0.2) is 67.0 Å². The zero-order valence-electron chi connectivity index (χ0n) is 31.0. The van der Waals surface area contributed by atoms with Crippen LogP contribution in [0.25, 0.3) is 0 Å². The lowest BCUT2D eigenvalue weighted by atomic mass is 9.71. The maximum Gasteiger partial charge on any atom is 0.317 e. The van der Waals surface area contributed by atoms with Gasteiger partial charge in [0.2, 0.25) is 5.91 Å². The topological polar surface area (TPSA) is 120 Å². The average molecular weight is 665 g/mol. The summed E-state index contributed by atoms with van der Waals surface area (Å²) in [6.45, 7) is 10.4. The number of aliphatic carboxylic acids is 1.